The molecule has 0 saturated carbocycles. The van der Waals surface area contributed by atoms with Crippen molar-refractivity contribution in [3.8, 4) is 22.6 Å². The number of aryl methyl sites for hydroxylation is 2. The van der Waals surface area contributed by atoms with Crippen LogP contribution in [0.15, 0.2) is 36.4 Å². The van der Waals surface area contributed by atoms with Gasteiger partial charge in [-0.05, 0) is 48.2 Å². The minimum absolute atomic E-state index is 0.0832. The Bertz CT molecular complexity index is 510. The number of phenolic OH excluding ortho intramolecular Hbond substituents is 2. The molecule has 0 unspecified atom stereocenters. The number of phenols is 2. The molecule has 0 saturated heterocycles. The van der Waals surface area contributed by atoms with Crippen LogP contribution in [0, 0.1) is 13.8 Å². The molecule has 0 aromatic heterocycles. The number of rotatable bonds is 1. The standard InChI is InChI=1S/C14H14O2/c1-9-4-3-5-10(2)14(9)11-6-7-12(15)13(16)8-11/h3-8,15-16H,1-2H3. The zero-order valence-corrected chi connectivity index (χ0v) is 9.36. The van der Waals surface area contributed by atoms with Crippen LogP contribution in [0.5, 0.6) is 11.5 Å². The molecule has 82 valence electrons. The second-order valence-electron chi connectivity index (χ2n) is 3.97. The van der Waals surface area contributed by atoms with Gasteiger partial charge in [0.2, 0.25) is 0 Å². The molecule has 0 aliphatic carbocycles. The van der Waals surface area contributed by atoms with Crippen LogP contribution < -0.4 is 0 Å². The first-order valence-corrected chi connectivity index (χ1v) is 5.18. The molecule has 0 heterocycles. The van der Waals surface area contributed by atoms with Crippen molar-refractivity contribution >= 4 is 0 Å². The third-order valence-corrected chi connectivity index (χ3v) is 2.75. The Morgan fingerprint density at radius 3 is 2.00 bits per heavy atom. The lowest BCUT2D eigenvalue weighted by atomic mass is 9.96. The average Bonchev–Trinajstić information content (AvgIpc) is 2.23. The molecule has 0 radical (unpaired) electrons. The van der Waals surface area contributed by atoms with E-state index in [1.807, 2.05) is 38.1 Å². The highest BCUT2D eigenvalue weighted by Crippen LogP contribution is 2.33. The van der Waals surface area contributed by atoms with Crippen molar-refractivity contribution in [2.24, 2.45) is 0 Å². The van der Waals surface area contributed by atoms with Gasteiger partial charge in [-0.1, -0.05) is 24.3 Å². The molecule has 0 spiro atoms. The minimum Gasteiger partial charge on any atom is -0.504 e. The van der Waals surface area contributed by atoms with Crippen LogP contribution in [0.4, 0.5) is 0 Å². The van der Waals surface area contributed by atoms with Crippen LogP contribution in [-0.4, -0.2) is 10.2 Å². The summed E-state index contributed by atoms with van der Waals surface area (Å²) in [6.07, 6.45) is 0. The molecule has 2 aromatic rings. The highest BCUT2D eigenvalue weighted by Gasteiger charge is 2.07. The van der Waals surface area contributed by atoms with Gasteiger partial charge >= 0.3 is 0 Å². The Balaban J connectivity index is 2.63. The monoisotopic (exact) mass is 214 g/mol. The Hall–Kier alpha value is -1.96. The lowest BCUT2D eigenvalue weighted by Gasteiger charge is -2.10. The molecule has 0 atom stereocenters. The van der Waals surface area contributed by atoms with Crippen molar-refractivity contribution in [2.45, 2.75) is 13.8 Å². The zero-order valence-electron chi connectivity index (χ0n) is 9.36. The molecule has 0 aliphatic rings. The number of hydrogen-bond donors (Lipinski definition) is 2. The molecule has 2 aromatic carbocycles. The van der Waals surface area contributed by atoms with Gasteiger partial charge in [-0.25, -0.2) is 0 Å². The van der Waals surface area contributed by atoms with E-state index in [9.17, 15) is 10.2 Å². The minimum atomic E-state index is -0.0880. The van der Waals surface area contributed by atoms with Crippen LogP contribution in [0.1, 0.15) is 11.1 Å². The highest BCUT2D eigenvalue weighted by molar-refractivity contribution is 5.72. The number of hydrogen-bond acceptors (Lipinski definition) is 2. The van der Waals surface area contributed by atoms with E-state index in [2.05, 4.69) is 0 Å². The van der Waals surface area contributed by atoms with Gasteiger partial charge in [0.1, 0.15) is 0 Å². The van der Waals surface area contributed by atoms with E-state index in [1.54, 1.807) is 6.07 Å². The average molecular weight is 214 g/mol. The Morgan fingerprint density at radius 1 is 0.812 bits per heavy atom. The first-order valence-electron chi connectivity index (χ1n) is 5.18. The summed E-state index contributed by atoms with van der Waals surface area (Å²) in [5.41, 5.74) is 4.35. The summed E-state index contributed by atoms with van der Waals surface area (Å²) in [5, 5.41) is 18.8. The van der Waals surface area contributed by atoms with E-state index in [-0.39, 0.29) is 11.5 Å². The quantitative estimate of drug-likeness (QED) is 0.714. The molecular formula is C14H14O2. The highest BCUT2D eigenvalue weighted by atomic mass is 16.3. The Morgan fingerprint density at radius 2 is 1.44 bits per heavy atom. The first-order chi connectivity index (χ1) is 7.59. The molecule has 0 amide bonds. The fourth-order valence-electron chi connectivity index (χ4n) is 1.95. The van der Waals surface area contributed by atoms with Crippen molar-refractivity contribution in [2.75, 3.05) is 0 Å². The zero-order chi connectivity index (χ0) is 11.7. The third kappa shape index (κ3) is 1.74. The van der Waals surface area contributed by atoms with E-state index in [0.717, 1.165) is 22.3 Å². The van der Waals surface area contributed by atoms with E-state index >= 15 is 0 Å². The van der Waals surface area contributed by atoms with Crippen LogP contribution >= 0.6 is 0 Å². The van der Waals surface area contributed by atoms with Crippen LogP contribution in [0.3, 0.4) is 0 Å². The molecule has 0 bridgehead atoms. The molecule has 2 nitrogen and oxygen atoms in total. The maximum Gasteiger partial charge on any atom is 0.158 e. The van der Waals surface area contributed by atoms with E-state index in [0.29, 0.717) is 0 Å². The predicted octanol–water partition coefficient (Wildman–Crippen LogP) is 3.38. The first kappa shape index (κ1) is 10.6. The summed E-state index contributed by atoms with van der Waals surface area (Å²) in [6.45, 7) is 4.07. The largest absolute Gasteiger partial charge is 0.504 e. The topological polar surface area (TPSA) is 40.5 Å². The van der Waals surface area contributed by atoms with Gasteiger partial charge in [-0.2, -0.15) is 0 Å². The maximum atomic E-state index is 9.49. The molecule has 0 fully saturated rings. The molecule has 2 heteroatoms. The van der Waals surface area contributed by atoms with Gasteiger partial charge in [0.15, 0.2) is 11.5 Å². The second-order valence-corrected chi connectivity index (χ2v) is 3.97. The van der Waals surface area contributed by atoms with Crippen LogP contribution in [0.2, 0.25) is 0 Å². The molecule has 2 rings (SSSR count). The fraction of sp³-hybridized carbons (Fsp3) is 0.143. The van der Waals surface area contributed by atoms with Gasteiger partial charge in [0.05, 0.1) is 0 Å². The number of aromatic hydroxyl groups is 2. The SMILES string of the molecule is Cc1cccc(C)c1-c1ccc(O)c(O)c1. The van der Waals surface area contributed by atoms with E-state index < -0.39 is 0 Å². The van der Waals surface area contributed by atoms with E-state index in [1.165, 1.54) is 6.07 Å². The van der Waals surface area contributed by atoms with Crippen molar-refractivity contribution in [1.82, 2.24) is 0 Å². The molecule has 0 aliphatic heterocycles. The van der Waals surface area contributed by atoms with Gasteiger partial charge in [0, 0.05) is 0 Å². The maximum absolute atomic E-state index is 9.49. The Kier molecular flexibility index (Phi) is 2.57. The summed E-state index contributed by atoms with van der Waals surface area (Å²) in [7, 11) is 0. The molecular weight excluding hydrogens is 200 g/mol. The van der Waals surface area contributed by atoms with Crippen LogP contribution in [-0.2, 0) is 0 Å². The van der Waals surface area contributed by atoms with Crippen LogP contribution in [0.25, 0.3) is 11.1 Å². The van der Waals surface area contributed by atoms with Gasteiger partial charge in [0.25, 0.3) is 0 Å². The molecule has 16 heavy (non-hydrogen) atoms. The predicted molar refractivity (Wildman–Crippen MR) is 64.7 cm³/mol. The third-order valence-electron chi connectivity index (χ3n) is 2.75. The van der Waals surface area contributed by atoms with Crippen molar-refractivity contribution in [3.63, 3.8) is 0 Å². The number of benzene rings is 2. The van der Waals surface area contributed by atoms with Crippen molar-refractivity contribution < 1.29 is 10.2 Å². The molecule has 2 N–H and O–H groups in total. The van der Waals surface area contributed by atoms with Gasteiger partial charge in [-0.3, -0.25) is 0 Å². The van der Waals surface area contributed by atoms with Gasteiger partial charge in [-0.15, -0.1) is 0 Å². The lowest BCUT2D eigenvalue weighted by Crippen LogP contribution is -1.87. The van der Waals surface area contributed by atoms with Crippen molar-refractivity contribution in [3.05, 3.63) is 47.5 Å². The summed E-state index contributed by atoms with van der Waals surface area (Å²) in [4.78, 5) is 0. The summed E-state index contributed by atoms with van der Waals surface area (Å²) < 4.78 is 0. The summed E-state index contributed by atoms with van der Waals surface area (Å²) in [5.74, 6) is -0.171. The van der Waals surface area contributed by atoms with E-state index in [4.69, 9.17) is 0 Å². The summed E-state index contributed by atoms with van der Waals surface area (Å²) in [6, 6.07) is 11.0. The second kappa shape index (κ2) is 3.89. The smallest absolute Gasteiger partial charge is 0.158 e. The summed E-state index contributed by atoms with van der Waals surface area (Å²) >= 11 is 0. The fourth-order valence-corrected chi connectivity index (χ4v) is 1.95. The van der Waals surface area contributed by atoms with Gasteiger partial charge < -0.3 is 10.2 Å². The normalized spacial score (nSPS) is 10.4. The Labute approximate surface area is 94.8 Å². The van der Waals surface area contributed by atoms with Crippen molar-refractivity contribution in [1.29, 1.82) is 0 Å². The lowest BCUT2D eigenvalue weighted by molar-refractivity contribution is 0.404.